The number of nitrogens with zero attached hydrogens (tertiary/aromatic N) is 4. The molecule has 0 radical (unpaired) electrons. The van der Waals surface area contributed by atoms with Gasteiger partial charge in [-0.1, -0.05) is 6.07 Å². The SMILES string of the molecule is COc1ccc(CSCC(=O)N2CCN(c3ccc(C(F)(F)F)cn3)CC2)cc1[N+](=O)[O-]. The van der Waals surface area contributed by atoms with E-state index in [1.807, 2.05) is 4.90 Å². The summed E-state index contributed by atoms with van der Waals surface area (Å²) in [4.78, 5) is 30.5. The molecule has 0 unspecified atom stereocenters. The molecular weight excluding hydrogens is 449 g/mol. The number of carbonyl (C=O) groups excluding carboxylic acids is 1. The standard InChI is InChI=1S/C20H21F3N4O4S/c1-31-17-4-2-14(10-16(17)27(29)30)12-32-13-19(28)26-8-6-25(7-9-26)18-5-3-15(11-24-18)20(21,22)23/h2-5,10-11H,6-9,12-13H2,1H3. The summed E-state index contributed by atoms with van der Waals surface area (Å²) in [6.07, 6.45) is -3.61. The Morgan fingerprint density at radius 2 is 1.94 bits per heavy atom. The summed E-state index contributed by atoms with van der Waals surface area (Å²) in [5.41, 5.74) is -0.201. The Bertz CT molecular complexity index is 964. The van der Waals surface area contributed by atoms with Gasteiger partial charge in [-0.25, -0.2) is 4.98 Å². The van der Waals surface area contributed by atoms with Gasteiger partial charge in [-0.2, -0.15) is 13.2 Å². The number of benzene rings is 1. The zero-order chi connectivity index (χ0) is 23.3. The van der Waals surface area contributed by atoms with Crippen LogP contribution in [0.2, 0.25) is 0 Å². The predicted octanol–water partition coefficient (Wildman–Crippen LogP) is 3.60. The van der Waals surface area contributed by atoms with Crippen molar-refractivity contribution in [3.05, 3.63) is 57.8 Å². The van der Waals surface area contributed by atoms with E-state index in [9.17, 15) is 28.1 Å². The fraction of sp³-hybridized carbons (Fsp3) is 0.400. The van der Waals surface area contributed by atoms with E-state index < -0.39 is 16.7 Å². The van der Waals surface area contributed by atoms with E-state index >= 15 is 0 Å². The van der Waals surface area contributed by atoms with Crippen LogP contribution in [0.3, 0.4) is 0 Å². The largest absolute Gasteiger partial charge is 0.490 e. The van der Waals surface area contributed by atoms with Crippen LogP contribution >= 0.6 is 11.8 Å². The maximum atomic E-state index is 12.7. The molecule has 0 saturated carbocycles. The molecule has 2 heterocycles. The molecule has 0 bridgehead atoms. The Labute approximate surface area is 186 Å². The topological polar surface area (TPSA) is 88.8 Å². The van der Waals surface area contributed by atoms with Crippen molar-refractivity contribution in [2.24, 2.45) is 0 Å². The summed E-state index contributed by atoms with van der Waals surface area (Å²) in [5, 5.41) is 11.1. The van der Waals surface area contributed by atoms with E-state index in [4.69, 9.17) is 4.74 Å². The lowest BCUT2D eigenvalue weighted by atomic mass is 10.2. The monoisotopic (exact) mass is 470 g/mol. The summed E-state index contributed by atoms with van der Waals surface area (Å²) in [6, 6.07) is 7.03. The van der Waals surface area contributed by atoms with Crippen molar-refractivity contribution >= 4 is 29.2 Å². The van der Waals surface area contributed by atoms with Crippen LogP contribution in [0.5, 0.6) is 5.75 Å². The molecule has 172 valence electrons. The highest BCUT2D eigenvalue weighted by Gasteiger charge is 2.31. The van der Waals surface area contributed by atoms with Gasteiger partial charge in [0, 0.05) is 44.2 Å². The van der Waals surface area contributed by atoms with Crippen molar-refractivity contribution in [2.75, 3.05) is 43.9 Å². The maximum Gasteiger partial charge on any atom is 0.417 e. The smallest absolute Gasteiger partial charge is 0.417 e. The Hall–Kier alpha value is -3.02. The Kier molecular flexibility index (Phi) is 7.44. The van der Waals surface area contributed by atoms with Gasteiger partial charge in [-0.05, 0) is 23.8 Å². The number of ether oxygens (including phenoxy) is 1. The summed E-state index contributed by atoms with van der Waals surface area (Å²) < 4.78 is 43.0. The van der Waals surface area contributed by atoms with Gasteiger partial charge in [-0.15, -0.1) is 11.8 Å². The molecule has 1 aliphatic heterocycles. The van der Waals surface area contributed by atoms with Crippen molar-refractivity contribution < 1.29 is 27.6 Å². The molecule has 0 spiro atoms. The van der Waals surface area contributed by atoms with Gasteiger partial charge in [0.15, 0.2) is 5.75 Å². The molecule has 1 amide bonds. The number of carbonyl (C=O) groups is 1. The van der Waals surface area contributed by atoms with Crippen LogP contribution in [0, 0.1) is 10.1 Å². The lowest BCUT2D eigenvalue weighted by molar-refractivity contribution is -0.385. The lowest BCUT2D eigenvalue weighted by Gasteiger charge is -2.35. The molecule has 0 aliphatic carbocycles. The number of pyridine rings is 1. The number of amides is 1. The van der Waals surface area contributed by atoms with Crippen molar-refractivity contribution in [3.63, 3.8) is 0 Å². The minimum absolute atomic E-state index is 0.0574. The fourth-order valence-corrected chi connectivity index (χ4v) is 4.12. The molecule has 1 aromatic heterocycles. The van der Waals surface area contributed by atoms with E-state index in [0.29, 0.717) is 43.3 Å². The lowest BCUT2D eigenvalue weighted by Crippen LogP contribution is -2.49. The van der Waals surface area contributed by atoms with Crippen LogP contribution in [0.4, 0.5) is 24.7 Å². The van der Waals surface area contributed by atoms with Crippen LogP contribution in [0.25, 0.3) is 0 Å². The molecule has 0 N–H and O–H groups in total. The third kappa shape index (κ3) is 5.81. The Morgan fingerprint density at radius 3 is 2.50 bits per heavy atom. The third-order valence-corrected chi connectivity index (χ3v) is 5.95. The van der Waals surface area contributed by atoms with Gasteiger partial charge >= 0.3 is 11.9 Å². The van der Waals surface area contributed by atoms with Crippen LogP contribution in [-0.2, 0) is 16.7 Å². The second-order valence-electron chi connectivity index (χ2n) is 7.03. The van der Waals surface area contributed by atoms with Crippen LogP contribution in [0.1, 0.15) is 11.1 Å². The van der Waals surface area contributed by atoms with Gasteiger partial charge in [0.2, 0.25) is 5.91 Å². The number of halogens is 3. The van der Waals surface area contributed by atoms with Crippen LogP contribution in [0.15, 0.2) is 36.5 Å². The van der Waals surface area contributed by atoms with Crippen molar-refractivity contribution in [1.82, 2.24) is 9.88 Å². The zero-order valence-corrected chi connectivity index (χ0v) is 18.0. The minimum Gasteiger partial charge on any atom is -0.490 e. The number of anilines is 1. The summed E-state index contributed by atoms with van der Waals surface area (Å²) >= 11 is 1.36. The number of piperazine rings is 1. The van der Waals surface area contributed by atoms with Gasteiger partial charge in [0.05, 0.1) is 23.3 Å². The average molecular weight is 470 g/mol. The fourth-order valence-electron chi connectivity index (χ4n) is 3.24. The van der Waals surface area contributed by atoms with E-state index in [0.717, 1.165) is 12.3 Å². The van der Waals surface area contributed by atoms with Gasteiger partial charge in [0.25, 0.3) is 0 Å². The number of alkyl halides is 3. The third-order valence-electron chi connectivity index (χ3n) is 4.97. The first kappa shape index (κ1) is 23.6. The molecular formula is C20H21F3N4O4S. The number of methoxy groups -OCH3 is 1. The average Bonchev–Trinajstić information content (AvgIpc) is 2.78. The highest BCUT2D eigenvalue weighted by Crippen LogP contribution is 2.30. The maximum absolute atomic E-state index is 12.7. The Balaban J connectivity index is 1.47. The second-order valence-corrected chi connectivity index (χ2v) is 8.01. The number of aromatic nitrogens is 1. The molecule has 1 aliphatic rings. The highest BCUT2D eigenvalue weighted by molar-refractivity contribution is 7.99. The van der Waals surface area contributed by atoms with Crippen molar-refractivity contribution in [3.8, 4) is 5.75 Å². The van der Waals surface area contributed by atoms with E-state index in [-0.39, 0.29) is 23.1 Å². The zero-order valence-electron chi connectivity index (χ0n) is 17.2. The Morgan fingerprint density at radius 1 is 1.22 bits per heavy atom. The highest BCUT2D eigenvalue weighted by atomic mass is 32.2. The van der Waals surface area contributed by atoms with Crippen molar-refractivity contribution in [2.45, 2.75) is 11.9 Å². The molecule has 1 fully saturated rings. The normalized spacial score (nSPS) is 14.4. The molecule has 32 heavy (non-hydrogen) atoms. The van der Waals surface area contributed by atoms with Crippen molar-refractivity contribution in [1.29, 1.82) is 0 Å². The van der Waals surface area contributed by atoms with Crippen LogP contribution in [-0.4, -0.2) is 59.8 Å². The molecule has 12 heteroatoms. The minimum atomic E-state index is -4.43. The van der Waals surface area contributed by atoms with Gasteiger partial charge < -0.3 is 14.5 Å². The first-order valence-electron chi connectivity index (χ1n) is 9.64. The first-order chi connectivity index (χ1) is 15.2. The number of rotatable bonds is 7. The number of nitro groups is 1. The quantitative estimate of drug-likeness (QED) is 0.451. The molecule has 1 saturated heterocycles. The van der Waals surface area contributed by atoms with Gasteiger partial charge in [-0.3, -0.25) is 14.9 Å². The molecule has 1 aromatic carbocycles. The molecule has 2 aromatic rings. The summed E-state index contributed by atoms with van der Waals surface area (Å²) in [5.74, 6) is 1.23. The summed E-state index contributed by atoms with van der Waals surface area (Å²) in [7, 11) is 1.36. The van der Waals surface area contributed by atoms with Gasteiger partial charge in [0.1, 0.15) is 5.82 Å². The molecule has 0 atom stereocenters. The van der Waals surface area contributed by atoms with Crippen LogP contribution < -0.4 is 9.64 Å². The molecule has 3 rings (SSSR count). The predicted molar refractivity (Wildman–Crippen MR) is 114 cm³/mol. The van der Waals surface area contributed by atoms with E-state index in [1.165, 1.54) is 37.1 Å². The number of thioether (sulfide) groups is 1. The summed E-state index contributed by atoms with van der Waals surface area (Å²) in [6.45, 7) is 1.82. The first-order valence-corrected chi connectivity index (χ1v) is 10.8. The number of nitro benzene ring substituents is 1. The van der Waals surface area contributed by atoms with E-state index in [2.05, 4.69) is 4.98 Å². The molecule has 8 nitrogen and oxygen atoms in total. The number of hydrogen-bond donors (Lipinski definition) is 0. The van der Waals surface area contributed by atoms with E-state index in [1.54, 1.807) is 11.0 Å². The number of hydrogen-bond acceptors (Lipinski definition) is 7. The second kappa shape index (κ2) is 10.1.